The summed E-state index contributed by atoms with van der Waals surface area (Å²) in [5.74, 6) is -0.671. The molecule has 1 saturated heterocycles. The average Bonchev–Trinajstić information content (AvgIpc) is 3.34. The highest BCUT2D eigenvalue weighted by molar-refractivity contribution is 6.05. The Morgan fingerprint density at radius 3 is 2.05 bits per heavy atom. The Labute approximate surface area is 235 Å². The van der Waals surface area contributed by atoms with E-state index in [9.17, 15) is 19.2 Å². The second-order valence-corrected chi connectivity index (χ2v) is 8.78. The van der Waals surface area contributed by atoms with Crippen LogP contribution < -0.4 is 5.73 Å². The number of rotatable bonds is 11. The number of carbonyl (C=O) groups excluding carboxylic acids is 3. The molecule has 2 atom stereocenters. The highest BCUT2D eigenvalue weighted by atomic mass is 16.5. The summed E-state index contributed by atoms with van der Waals surface area (Å²) in [4.78, 5) is 47.6. The maximum atomic E-state index is 11.3. The minimum Gasteiger partial charge on any atom is -0.478 e. The number of aromatic carboxylic acids is 1. The van der Waals surface area contributed by atoms with Crippen LogP contribution >= 0.6 is 0 Å². The molecule has 39 heavy (non-hydrogen) atoms. The normalized spacial score (nSPS) is 16.1. The lowest BCUT2D eigenvalue weighted by atomic mass is 10.0. The number of ketones is 2. The maximum Gasteiger partial charge on any atom is 0.336 e. The van der Waals surface area contributed by atoms with Crippen molar-refractivity contribution >= 4 is 29.3 Å². The number of amidine groups is 1. The van der Waals surface area contributed by atoms with Crippen LogP contribution in [-0.4, -0.2) is 46.6 Å². The molecule has 8 nitrogen and oxygen atoms in total. The zero-order chi connectivity index (χ0) is 30.2. The van der Waals surface area contributed by atoms with Gasteiger partial charge in [0.2, 0.25) is 5.91 Å². The molecule has 3 N–H and O–H groups in total. The summed E-state index contributed by atoms with van der Waals surface area (Å²) < 4.78 is 5.64. The van der Waals surface area contributed by atoms with Crippen molar-refractivity contribution in [3.63, 3.8) is 0 Å². The fourth-order valence-corrected chi connectivity index (χ4v) is 3.55. The predicted molar refractivity (Wildman–Crippen MR) is 158 cm³/mol. The second kappa shape index (κ2) is 23.9. The largest absolute Gasteiger partial charge is 0.478 e. The Morgan fingerprint density at radius 2 is 1.59 bits per heavy atom. The van der Waals surface area contributed by atoms with Crippen LogP contribution in [0.1, 0.15) is 127 Å². The van der Waals surface area contributed by atoms with Crippen molar-refractivity contribution in [2.24, 2.45) is 10.7 Å². The van der Waals surface area contributed by atoms with Crippen molar-refractivity contribution in [1.82, 2.24) is 0 Å². The van der Waals surface area contributed by atoms with Gasteiger partial charge in [0.1, 0.15) is 11.6 Å². The molecule has 0 spiro atoms. The van der Waals surface area contributed by atoms with E-state index >= 15 is 0 Å². The van der Waals surface area contributed by atoms with E-state index in [0.29, 0.717) is 37.3 Å². The first kappa shape index (κ1) is 38.0. The first-order valence-electron chi connectivity index (χ1n) is 14.1. The molecular formula is C31H50N2O6. The maximum absolute atomic E-state index is 11.3. The van der Waals surface area contributed by atoms with Gasteiger partial charge in [-0.05, 0) is 58.1 Å². The molecule has 0 radical (unpaired) electrons. The van der Waals surface area contributed by atoms with Crippen LogP contribution in [0.5, 0.6) is 0 Å². The molecule has 220 valence electrons. The number of carboxylic acids is 1. The van der Waals surface area contributed by atoms with Crippen LogP contribution in [0, 0.1) is 0 Å². The summed E-state index contributed by atoms with van der Waals surface area (Å²) in [7, 11) is 0. The number of carboxylic acid groups (broad SMARTS) is 1. The molecule has 2 rings (SSSR count). The third-order valence-electron chi connectivity index (χ3n) is 5.43. The van der Waals surface area contributed by atoms with Gasteiger partial charge in [-0.2, -0.15) is 4.99 Å². The monoisotopic (exact) mass is 546 g/mol. The lowest BCUT2D eigenvalue weighted by Gasteiger charge is -2.09. The number of amides is 1. The Balaban J connectivity index is 0. The highest BCUT2D eigenvalue weighted by Crippen LogP contribution is 2.22. The van der Waals surface area contributed by atoms with Crippen LogP contribution in [-0.2, 0) is 14.3 Å². The number of aliphatic imine (C=N–C) groups is 1. The van der Waals surface area contributed by atoms with Gasteiger partial charge in [-0.3, -0.25) is 14.4 Å². The van der Waals surface area contributed by atoms with E-state index in [2.05, 4.69) is 11.9 Å². The number of nitrogens with zero attached hydrogens (tertiary/aromatic N) is 1. The summed E-state index contributed by atoms with van der Waals surface area (Å²) in [5, 5.41) is 8.76. The van der Waals surface area contributed by atoms with Gasteiger partial charge in [-0.1, -0.05) is 58.9 Å². The highest BCUT2D eigenvalue weighted by Gasteiger charge is 2.21. The molecule has 1 heterocycles. The van der Waals surface area contributed by atoms with Crippen LogP contribution in [0.4, 0.5) is 0 Å². The van der Waals surface area contributed by atoms with E-state index < -0.39 is 5.97 Å². The number of nitrogens with two attached hydrogens (primary N) is 1. The molecule has 0 saturated carbocycles. The number of ether oxygens (including phenoxy) is 1. The van der Waals surface area contributed by atoms with E-state index in [-0.39, 0.29) is 28.7 Å². The molecule has 0 bridgehead atoms. The zero-order valence-electron chi connectivity index (χ0n) is 25.0. The van der Waals surface area contributed by atoms with Crippen molar-refractivity contribution in [3.8, 4) is 0 Å². The number of benzene rings is 1. The van der Waals surface area contributed by atoms with Crippen molar-refractivity contribution in [3.05, 3.63) is 47.5 Å². The van der Waals surface area contributed by atoms with Crippen LogP contribution in [0.15, 0.2) is 41.4 Å². The van der Waals surface area contributed by atoms with Crippen molar-refractivity contribution < 1.29 is 29.0 Å². The van der Waals surface area contributed by atoms with Gasteiger partial charge in [0.25, 0.3) is 0 Å². The minimum absolute atomic E-state index is 0.0781. The summed E-state index contributed by atoms with van der Waals surface area (Å²) in [5.41, 5.74) is 5.73. The van der Waals surface area contributed by atoms with Crippen molar-refractivity contribution in [2.45, 2.75) is 118 Å². The average molecular weight is 547 g/mol. The number of hydrogen-bond donors (Lipinski definition) is 2. The van der Waals surface area contributed by atoms with E-state index in [0.717, 1.165) is 38.5 Å². The topological polar surface area (TPSA) is 136 Å². The molecule has 2 unspecified atom stereocenters. The number of Topliss-reactive ketones (excluding diaryl/α,β-unsaturated/α-hetero) is 2. The van der Waals surface area contributed by atoms with E-state index in [1.807, 2.05) is 34.6 Å². The SMILES string of the molecule is C/C=C\C(N)=NC(=O)CCC.CC.CCC(=O)c1ccccc1C(=O)O.CCCC(=O)CCC1CCC(C)O1. The molecule has 1 aromatic carbocycles. The van der Waals surface area contributed by atoms with Gasteiger partial charge < -0.3 is 15.6 Å². The van der Waals surface area contributed by atoms with Crippen molar-refractivity contribution in [1.29, 1.82) is 0 Å². The minimum atomic E-state index is -1.06. The Bertz CT molecular complexity index is 923. The molecule has 1 aliphatic heterocycles. The summed E-state index contributed by atoms with van der Waals surface area (Å²) in [6, 6.07) is 6.24. The first-order valence-corrected chi connectivity index (χ1v) is 14.1. The van der Waals surface area contributed by atoms with Gasteiger partial charge >= 0.3 is 5.97 Å². The summed E-state index contributed by atoms with van der Waals surface area (Å²) in [6.45, 7) is 13.6. The standard InChI is InChI=1S/C11H20O2.C10H10O3.C8H14N2O.C2H6/c1-3-4-10(12)6-8-11-7-5-9(2)13-11;1-2-9(11)7-5-3-4-6-8(7)10(12)13;1-3-5-7(9)10-8(11)6-4-2;1-2/h9,11H,3-8H2,1-2H3;3-6H,2H2,1H3,(H,12,13);3,5H,4,6H2,1-2H3,(H2,9,10,11);1-2H3/b;;5-3-;. The molecule has 1 aliphatic rings. The Hall–Kier alpha value is -3.13. The predicted octanol–water partition coefficient (Wildman–Crippen LogP) is 6.95. The fraction of sp³-hybridized carbons (Fsp3) is 0.581. The quantitative estimate of drug-likeness (QED) is 0.174. The van der Waals surface area contributed by atoms with Crippen LogP contribution in [0.3, 0.4) is 0 Å². The Morgan fingerprint density at radius 1 is 1.00 bits per heavy atom. The molecular weight excluding hydrogens is 496 g/mol. The molecule has 0 aliphatic carbocycles. The summed E-state index contributed by atoms with van der Waals surface area (Å²) >= 11 is 0. The smallest absolute Gasteiger partial charge is 0.336 e. The second-order valence-electron chi connectivity index (χ2n) is 8.78. The van der Waals surface area contributed by atoms with Crippen molar-refractivity contribution in [2.75, 3.05) is 0 Å². The first-order chi connectivity index (χ1) is 18.6. The lowest BCUT2D eigenvalue weighted by Crippen LogP contribution is -2.10. The third kappa shape index (κ3) is 18.7. The molecule has 8 heteroatoms. The number of allylic oxidation sites excluding steroid dienone is 1. The van der Waals surface area contributed by atoms with Crippen LogP contribution in [0.2, 0.25) is 0 Å². The summed E-state index contributed by atoms with van der Waals surface area (Å²) in [6.07, 6.45) is 11.4. The molecule has 1 amide bonds. The van der Waals surface area contributed by atoms with E-state index in [4.69, 9.17) is 15.6 Å². The third-order valence-corrected chi connectivity index (χ3v) is 5.43. The molecule has 1 fully saturated rings. The zero-order valence-corrected chi connectivity index (χ0v) is 25.0. The number of hydrogen-bond acceptors (Lipinski definition) is 5. The van der Waals surface area contributed by atoms with E-state index in [1.165, 1.54) is 12.1 Å². The van der Waals surface area contributed by atoms with Gasteiger partial charge in [0.05, 0.1) is 17.8 Å². The van der Waals surface area contributed by atoms with Gasteiger partial charge in [0, 0.05) is 31.2 Å². The van der Waals surface area contributed by atoms with Gasteiger partial charge in [0.15, 0.2) is 5.78 Å². The lowest BCUT2D eigenvalue weighted by molar-refractivity contribution is -0.120. The van der Waals surface area contributed by atoms with E-state index in [1.54, 1.807) is 31.2 Å². The molecule has 0 aromatic heterocycles. The fourth-order valence-electron chi connectivity index (χ4n) is 3.55. The van der Waals surface area contributed by atoms with Gasteiger partial charge in [-0.25, -0.2) is 4.79 Å². The van der Waals surface area contributed by atoms with Gasteiger partial charge in [-0.15, -0.1) is 0 Å². The Kier molecular flexibility index (Phi) is 23.3. The van der Waals surface area contributed by atoms with Crippen LogP contribution in [0.25, 0.3) is 0 Å². The molecule has 1 aromatic rings. The number of carbonyl (C=O) groups is 4.